The monoisotopic (exact) mass is 500 g/mol. The Morgan fingerprint density at radius 1 is 1.11 bits per heavy atom. The molecule has 0 radical (unpaired) electrons. The van der Waals surface area contributed by atoms with Crippen LogP contribution in [0, 0.1) is 23.2 Å². The zero-order valence-electron chi connectivity index (χ0n) is 21.4. The number of carbonyl (C=O) groups is 5. The van der Waals surface area contributed by atoms with E-state index in [2.05, 4.69) is 6.58 Å². The first-order valence-corrected chi connectivity index (χ1v) is 11.8. The van der Waals surface area contributed by atoms with Crippen LogP contribution in [-0.4, -0.2) is 54.6 Å². The van der Waals surface area contributed by atoms with Gasteiger partial charge in [-0.1, -0.05) is 31.7 Å². The third kappa shape index (κ3) is 4.54. The van der Waals surface area contributed by atoms with Crippen molar-refractivity contribution in [2.75, 3.05) is 6.61 Å². The lowest BCUT2D eigenvalue weighted by atomic mass is 9.67. The van der Waals surface area contributed by atoms with Crippen molar-refractivity contribution in [2.45, 2.75) is 59.9 Å². The van der Waals surface area contributed by atoms with Crippen LogP contribution in [0.3, 0.4) is 0 Å². The van der Waals surface area contributed by atoms with Crippen molar-refractivity contribution < 1.29 is 42.9 Å². The van der Waals surface area contributed by atoms with E-state index in [0.29, 0.717) is 5.57 Å². The van der Waals surface area contributed by atoms with E-state index in [1.165, 1.54) is 19.1 Å². The van der Waals surface area contributed by atoms with Crippen LogP contribution in [0.2, 0.25) is 0 Å². The van der Waals surface area contributed by atoms with Gasteiger partial charge in [0.25, 0.3) is 0 Å². The molecule has 9 nitrogen and oxygen atoms in total. The molecule has 0 bridgehead atoms. The number of ether oxygens (including phenoxy) is 4. The van der Waals surface area contributed by atoms with E-state index in [1.807, 2.05) is 6.92 Å². The lowest BCUT2D eigenvalue weighted by Gasteiger charge is -2.39. The van der Waals surface area contributed by atoms with Crippen LogP contribution < -0.4 is 0 Å². The highest BCUT2D eigenvalue weighted by molar-refractivity contribution is 6.00. The van der Waals surface area contributed by atoms with Crippen molar-refractivity contribution >= 4 is 29.7 Å². The number of allylic oxidation sites excluding steroid dienone is 4. The Labute approximate surface area is 210 Å². The normalized spacial score (nSPS) is 33.9. The van der Waals surface area contributed by atoms with E-state index in [9.17, 15) is 24.0 Å². The fraction of sp³-hybridized carbons (Fsp3) is 0.519. The lowest BCUT2D eigenvalue weighted by Crippen LogP contribution is -2.49. The average Bonchev–Trinajstić information content (AvgIpc) is 3.28. The van der Waals surface area contributed by atoms with Crippen molar-refractivity contribution in [3.8, 4) is 0 Å². The van der Waals surface area contributed by atoms with E-state index in [1.54, 1.807) is 39.8 Å². The summed E-state index contributed by atoms with van der Waals surface area (Å²) < 4.78 is 22.4. The van der Waals surface area contributed by atoms with E-state index in [0.717, 1.165) is 0 Å². The predicted molar refractivity (Wildman–Crippen MR) is 127 cm³/mol. The van der Waals surface area contributed by atoms with Gasteiger partial charge in [0.2, 0.25) is 0 Å². The molecule has 194 valence electrons. The molecule has 7 unspecified atom stereocenters. The summed E-state index contributed by atoms with van der Waals surface area (Å²) in [5, 5.41) is 0. The smallest absolute Gasteiger partial charge is 0.337 e. The van der Waals surface area contributed by atoms with Crippen molar-refractivity contribution in [1.29, 1.82) is 0 Å². The van der Waals surface area contributed by atoms with Crippen LogP contribution in [0.25, 0.3) is 0 Å². The molecular weight excluding hydrogens is 468 g/mol. The molecule has 0 spiro atoms. The topological polar surface area (TPSA) is 122 Å². The van der Waals surface area contributed by atoms with Crippen LogP contribution >= 0.6 is 0 Å². The minimum Gasteiger partial charge on any atom is -0.461 e. The summed E-state index contributed by atoms with van der Waals surface area (Å²) in [7, 11) is 0. The van der Waals surface area contributed by atoms with Gasteiger partial charge in [0.05, 0.1) is 16.9 Å². The molecule has 1 saturated heterocycles. The molecule has 0 amide bonds. The van der Waals surface area contributed by atoms with Crippen molar-refractivity contribution in [2.24, 2.45) is 23.2 Å². The summed E-state index contributed by atoms with van der Waals surface area (Å²) in [5.41, 5.74) is -0.818. The molecule has 0 aromatic heterocycles. The minimum atomic E-state index is -1.29. The first kappa shape index (κ1) is 27.1. The SMILES string of the molecule is C=C1C(=O)OC2C(OC(=O)C(C)=CC)C(C)C3C=CC(=O)C3(C)C(OC(=O)C(=CC)COC(C)=O)C12. The Kier molecular flexibility index (Phi) is 7.71. The van der Waals surface area contributed by atoms with Gasteiger partial charge in [-0.15, -0.1) is 0 Å². The second-order valence-corrected chi connectivity index (χ2v) is 9.57. The van der Waals surface area contributed by atoms with E-state index in [-0.39, 0.29) is 23.5 Å². The largest absolute Gasteiger partial charge is 0.461 e. The maximum Gasteiger partial charge on any atom is 0.337 e. The first-order chi connectivity index (χ1) is 16.9. The Morgan fingerprint density at radius 2 is 1.78 bits per heavy atom. The summed E-state index contributed by atoms with van der Waals surface area (Å²) in [6.07, 6.45) is 3.10. The number of hydrogen-bond donors (Lipinski definition) is 0. The molecule has 1 heterocycles. The second-order valence-electron chi connectivity index (χ2n) is 9.57. The molecule has 0 N–H and O–H groups in total. The highest BCUT2D eigenvalue weighted by Crippen LogP contribution is 2.55. The lowest BCUT2D eigenvalue weighted by molar-refractivity contribution is -0.167. The molecule has 1 aliphatic heterocycles. The number of ketones is 1. The fourth-order valence-corrected chi connectivity index (χ4v) is 5.23. The molecule has 0 aromatic rings. The molecule has 2 aliphatic carbocycles. The molecular formula is C27H32O9. The molecule has 7 atom stereocenters. The Morgan fingerprint density at radius 3 is 2.36 bits per heavy atom. The Hall–Kier alpha value is -3.49. The Bertz CT molecular complexity index is 1090. The average molecular weight is 501 g/mol. The summed E-state index contributed by atoms with van der Waals surface area (Å²) >= 11 is 0. The number of carbonyl (C=O) groups excluding carboxylic acids is 5. The van der Waals surface area contributed by atoms with Gasteiger partial charge in [-0.05, 0) is 39.7 Å². The molecule has 3 aliphatic rings. The van der Waals surface area contributed by atoms with Gasteiger partial charge < -0.3 is 18.9 Å². The first-order valence-electron chi connectivity index (χ1n) is 11.8. The predicted octanol–water partition coefficient (Wildman–Crippen LogP) is 2.79. The van der Waals surface area contributed by atoms with E-state index < -0.39 is 65.4 Å². The standard InChI is InChI=1S/C27H32O9/c1-8-13(3)24(30)34-21-14(4)18-10-11-19(29)27(18,7)23(20-15(5)25(31)35-22(20)21)36-26(32)17(9-2)12-33-16(6)28/h8-11,14,18,20-23H,5,12H2,1-4,6-7H3. The van der Waals surface area contributed by atoms with Crippen molar-refractivity contribution in [3.63, 3.8) is 0 Å². The number of esters is 4. The maximum atomic E-state index is 13.3. The number of hydrogen-bond acceptors (Lipinski definition) is 9. The molecule has 9 heteroatoms. The molecule has 2 fully saturated rings. The second kappa shape index (κ2) is 10.2. The van der Waals surface area contributed by atoms with E-state index in [4.69, 9.17) is 18.9 Å². The summed E-state index contributed by atoms with van der Waals surface area (Å²) in [5.74, 6) is -4.87. The van der Waals surface area contributed by atoms with Crippen LogP contribution in [0.1, 0.15) is 41.5 Å². The molecule has 0 aromatic carbocycles. The number of rotatable bonds is 6. The van der Waals surface area contributed by atoms with Gasteiger partial charge in [-0.2, -0.15) is 0 Å². The van der Waals surface area contributed by atoms with Crippen molar-refractivity contribution in [1.82, 2.24) is 0 Å². The van der Waals surface area contributed by atoms with Crippen LogP contribution in [0.15, 0.2) is 47.6 Å². The Balaban J connectivity index is 2.09. The van der Waals surface area contributed by atoms with Gasteiger partial charge in [0, 0.05) is 24.0 Å². The summed E-state index contributed by atoms with van der Waals surface area (Å²) in [4.78, 5) is 63.2. The van der Waals surface area contributed by atoms with E-state index >= 15 is 0 Å². The zero-order chi connectivity index (χ0) is 26.9. The number of fused-ring (bicyclic) bond motifs is 2. The zero-order valence-corrected chi connectivity index (χ0v) is 21.4. The quantitative estimate of drug-likeness (QED) is 0.308. The molecule has 1 saturated carbocycles. The highest BCUT2D eigenvalue weighted by Gasteiger charge is 2.65. The van der Waals surface area contributed by atoms with Crippen molar-refractivity contribution in [3.05, 3.63) is 47.6 Å². The minimum absolute atomic E-state index is 0.0254. The maximum absolute atomic E-state index is 13.3. The third-order valence-electron chi connectivity index (χ3n) is 7.54. The fourth-order valence-electron chi connectivity index (χ4n) is 5.23. The molecule has 3 rings (SSSR count). The van der Waals surface area contributed by atoms with Gasteiger partial charge in [-0.25, -0.2) is 14.4 Å². The van der Waals surface area contributed by atoms with Gasteiger partial charge in [-0.3, -0.25) is 9.59 Å². The summed E-state index contributed by atoms with van der Waals surface area (Å²) in [6, 6.07) is 0. The molecule has 36 heavy (non-hydrogen) atoms. The van der Waals surface area contributed by atoms with Crippen LogP contribution in [0.5, 0.6) is 0 Å². The third-order valence-corrected chi connectivity index (χ3v) is 7.54. The van der Waals surface area contributed by atoms with Gasteiger partial charge in [0.1, 0.15) is 24.9 Å². The van der Waals surface area contributed by atoms with Gasteiger partial charge >= 0.3 is 23.9 Å². The highest BCUT2D eigenvalue weighted by atomic mass is 16.6. The van der Waals surface area contributed by atoms with Crippen LogP contribution in [-0.2, 0) is 42.9 Å². The van der Waals surface area contributed by atoms with Crippen LogP contribution in [0.4, 0.5) is 0 Å². The summed E-state index contributed by atoms with van der Waals surface area (Å²) in [6.45, 7) is 13.1. The van der Waals surface area contributed by atoms with Gasteiger partial charge in [0.15, 0.2) is 5.78 Å².